The Hall–Kier alpha value is -3.08. The average Bonchev–Trinajstić information content (AvgIpc) is 2.99. The summed E-state index contributed by atoms with van der Waals surface area (Å²) in [5.74, 6) is -0.847. The van der Waals surface area contributed by atoms with Crippen LogP contribution in [0.5, 0.6) is 17.2 Å². The molecule has 0 bridgehead atoms. The van der Waals surface area contributed by atoms with Gasteiger partial charge in [-0.2, -0.15) is 0 Å². The Morgan fingerprint density at radius 2 is 1.80 bits per heavy atom. The van der Waals surface area contributed by atoms with E-state index >= 15 is 0 Å². The van der Waals surface area contributed by atoms with E-state index in [1.165, 1.54) is 13.0 Å². The van der Waals surface area contributed by atoms with Gasteiger partial charge in [-0.3, -0.25) is 9.59 Å². The highest BCUT2D eigenvalue weighted by molar-refractivity contribution is 6.29. The van der Waals surface area contributed by atoms with Crippen LogP contribution in [-0.2, 0) is 6.42 Å². The summed E-state index contributed by atoms with van der Waals surface area (Å²) >= 11 is 0. The molecule has 0 spiro atoms. The van der Waals surface area contributed by atoms with Gasteiger partial charge in [0.15, 0.2) is 11.6 Å². The lowest BCUT2D eigenvalue weighted by molar-refractivity contribution is 0.0976. The number of fused-ring (bicyclic) bond motifs is 3. The Bertz CT molecular complexity index is 1000. The molecule has 0 unspecified atom stereocenters. The van der Waals surface area contributed by atoms with Crippen molar-refractivity contribution in [2.45, 2.75) is 26.4 Å². The third-order valence-electron chi connectivity index (χ3n) is 4.91. The third-order valence-corrected chi connectivity index (χ3v) is 4.91. The molecule has 126 valence electrons. The van der Waals surface area contributed by atoms with Crippen LogP contribution in [0.25, 0.3) is 0 Å². The molecule has 2 aromatic carbocycles. The number of ether oxygens (including phenoxy) is 1. The first-order chi connectivity index (χ1) is 11.8. The normalized spacial score (nSPS) is 17.6. The topological polar surface area (TPSA) is 83.8 Å². The molecule has 2 aromatic rings. The fraction of sp³-hybridized carbons (Fsp3) is 0.200. The maximum atomic E-state index is 12.9. The summed E-state index contributed by atoms with van der Waals surface area (Å²) in [6.45, 7) is 7.25. The molecule has 0 amide bonds. The van der Waals surface area contributed by atoms with Crippen molar-refractivity contribution in [1.82, 2.24) is 0 Å². The molecular formula is C20H16O5. The van der Waals surface area contributed by atoms with Crippen molar-refractivity contribution in [3.05, 3.63) is 63.7 Å². The quantitative estimate of drug-likeness (QED) is 0.667. The minimum Gasteiger partial charge on any atom is -0.508 e. The lowest BCUT2D eigenvalue weighted by Gasteiger charge is -2.20. The van der Waals surface area contributed by atoms with E-state index in [0.29, 0.717) is 12.2 Å². The number of carbonyl (C=O) groups excluding carboxylic acids is 2. The molecule has 25 heavy (non-hydrogen) atoms. The Labute approximate surface area is 144 Å². The van der Waals surface area contributed by atoms with Gasteiger partial charge < -0.3 is 14.9 Å². The van der Waals surface area contributed by atoms with Gasteiger partial charge in [-0.05, 0) is 43.2 Å². The summed E-state index contributed by atoms with van der Waals surface area (Å²) in [4.78, 5) is 25.7. The molecule has 1 aliphatic heterocycles. The summed E-state index contributed by atoms with van der Waals surface area (Å²) in [7, 11) is 0. The van der Waals surface area contributed by atoms with Crippen molar-refractivity contribution >= 4 is 11.6 Å². The van der Waals surface area contributed by atoms with Gasteiger partial charge in [0, 0.05) is 28.7 Å². The number of benzene rings is 2. The number of hydrogen-bond donors (Lipinski definition) is 2. The van der Waals surface area contributed by atoms with Gasteiger partial charge in [-0.1, -0.05) is 6.58 Å². The number of ketones is 2. The van der Waals surface area contributed by atoms with E-state index in [9.17, 15) is 19.8 Å². The Kier molecular flexibility index (Phi) is 3.06. The number of phenols is 2. The van der Waals surface area contributed by atoms with Crippen LogP contribution in [0.4, 0.5) is 0 Å². The third kappa shape index (κ3) is 2.02. The maximum Gasteiger partial charge on any atom is 0.198 e. The monoisotopic (exact) mass is 336 g/mol. The second kappa shape index (κ2) is 4.96. The van der Waals surface area contributed by atoms with E-state index in [-0.39, 0.29) is 45.4 Å². The second-order valence-corrected chi connectivity index (χ2v) is 6.61. The van der Waals surface area contributed by atoms with Crippen molar-refractivity contribution in [2.24, 2.45) is 0 Å². The van der Waals surface area contributed by atoms with Gasteiger partial charge in [0.1, 0.15) is 23.4 Å². The highest BCUT2D eigenvalue weighted by Crippen LogP contribution is 2.42. The van der Waals surface area contributed by atoms with E-state index in [0.717, 1.165) is 11.1 Å². The number of rotatable bonds is 1. The van der Waals surface area contributed by atoms with Crippen LogP contribution in [0.15, 0.2) is 30.4 Å². The standard InChI is InChI=1S/C20H16O5/c1-8(2)15-5-10-4-11-12(7-16(10)25-15)19(23)13-6-14(21)9(3)18(22)17(13)20(11)24/h4,6-7,15,21-22H,1,5H2,2-3H3/t15-/m0/s1. The van der Waals surface area contributed by atoms with E-state index in [4.69, 9.17) is 4.74 Å². The lowest BCUT2D eigenvalue weighted by atomic mass is 9.81. The molecule has 0 radical (unpaired) electrons. The SMILES string of the molecule is C=C(C)[C@@H]1Cc2cc3c(cc2O1)C(=O)c1cc(O)c(C)c(O)c1C3=O. The minimum absolute atomic E-state index is 0.00694. The van der Waals surface area contributed by atoms with E-state index in [2.05, 4.69) is 6.58 Å². The zero-order chi connectivity index (χ0) is 18.0. The van der Waals surface area contributed by atoms with Crippen LogP contribution in [0.3, 0.4) is 0 Å². The first kappa shape index (κ1) is 15.4. The molecule has 2 aliphatic rings. The Morgan fingerprint density at radius 3 is 2.48 bits per heavy atom. The molecule has 0 saturated heterocycles. The molecular weight excluding hydrogens is 320 g/mol. The molecule has 2 N–H and O–H groups in total. The average molecular weight is 336 g/mol. The summed E-state index contributed by atoms with van der Waals surface area (Å²) in [5, 5.41) is 20.2. The van der Waals surface area contributed by atoms with Crippen LogP contribution >= 0.6 is 0 Å². The number of aromatic hydroxyl groups is 2. The Balaban J connectivity index is 1.92. The van der Waals surface area contributed by atoms with Crippen LogP contribution in [0.2, 0.25) is 0 Å². The van der Waals surface area contributed by atoms with E-state index in [1.807, 2.05) is 6.92 Å². The van der Waals surface area contributed by atoms with Crippen molar-refractivity contribution in [3.8, 4) is 17.2 Å². The molecule has 0 aromatic heterocycles. The zero-order valence-corrected chi connectivity index (χ0v) is 13.8. The van der Waals surface area contributed by atoms with E-state index < -0.39 is 11.6 Å². The molecule has 5 nitrogen and oxygen atoms in total. The highest BCUT2D eigenvalue weighted by atomic mass is 16.5. The lowest BCUT2D eigenvalue weighted by Crippen LogP contribution is -2.21. The van der Waals surface area contributed by atoms with Gasteiger partial charge in [-0.15, -0.1) is 0 Å². The van der Waals surface area contributed by atoms with Crippen molar-refractivity contribution in [1.29, 1.82) is 0 Å². The molecule has 1 aliphatic carbocycles. The smallest absolute Gasteiger partial charge is 0.198 e. The number of hydrogen-bond acceptors (Lipinski definition) is 5. The van der Waals surface area contributed by atoms with Gasteiger partial charge >= 0.3 is 0 Å². The van der Waals surface area contributed by atoms with Crippen molar-refractivity contribution < 1.29 is 24.5 Å². The minimum atomic E-state index is -0.424. The summed E-state index contributed by atoms with van der Waals surface area (Å²) < 4.78 is 5.81. The fourth-order valence-corrected chi connectivity index (χ4v) is 3.38. The zero-order valence-electron chi connectivity index (χ0n) is 13.8. The molecule has 1 heterocycles. The molecule has 0 saturated carbocycles. The maximum absolute atomic E-state index is 12.9. The van der Waals surface area contributed by atoms with Crippen LogP contribution in [0, 0.1) is 6.92 Å². The predicted molar refractivity (Wildman–Crippen MR) is 90.7 cm³/mol. The van der Waals surface area contributed by atoms with Crippen molar-refractivity contribution in [2.75, 3.05) is 0 Å². The number of phenolic OH excluding ortho intramolecular Hbond substituents is 2. The van der Waals surface area contributed by atoms with Crippen LogP contribution in [0.1, 0.15) is 49.9 Å². The van der Waals surface area contributed by atoms with E-state index in [1.54, 1.807) is 12.1 Å². The largest absolute Gasteiger partial charge is 0.508 e. The summed E-state index contributed by atoms with van der Waals surface area (Å²) in [6, 6.07) is 4.47. The van der Waals surface area contributed by atoms with Crippen LogP contribution < -0.4 is 4.74 Å². The first-order valence-corrected chi connectivity index (χ1v) is 7.93. The summed E-state index contributed by atoms with van der Waals surface area (Å²) in [6.07, 6.45) is 0.415. The fourth-order valence-electron chi connectivity index (χ4n) is 3.38. The second-order valence-electron chi connectivity index (χ2n) is 6.61. The Morgan fingerprint density at radius 1 is 1.12 bits per heavy atom. The van der Waals surface area contributed by atoms with Crippen molar-refractivity contribution in [3.63, 3.8) is 0 Å². The predicted octanol–water partition coefficient (Wildman–Crippen LogP) is 3.06. The van der Waals surface area contributed by atoms with Crippen LogP contribution in [-0.4, -0.2) is 27.9 Å². The molecule has 4 rings (SSSR count). The van der Waals surface area contributed by atoms with Gasteiger partial charge in [0.25, 0.3) is 0 Å². The molecule has 1 atom stereocenters. The number of carbonyl (C=O) groups is 2. The first-order valence-electron chi connectivity index (χ1n) is 7.93. The molecule has 5 heteroatoms. The highest BCUT2D eigenvalue weighted by Gasteiger charge is 2.36. The van der Waals surface area contributed by atoms with Gasteiger partial charge in [0.2, 0.25) is 0 Å². The van der Waals surface area contributed by atoms with Gasteiger partial charge in [-0.25, -0.2) is 0 Å². The summed E-state index contributed by atoms with van der Waals surface area (Å²) in [5.41, 5.74) is 2.31. The molecule has 0 fully saturated rings. The van der Waals surface area contributed by atoms with Gasteiger partial charge in [0.05, 0.1) is 5.56 Å².